The Bertz CT molecular complexity index is 667. The van der Waals surface area contributed by atoms with Gasteiger partial charge in [0.1, 0.15) is 0 Å². The first-order valence-corrected chi connectivity index (χ1v) is 10.1. The molecule has 0 heterocycles. The van der Waals surface area contributed by atoms with E-state index in [0.717, 1.165) is 18.5 Å². The molecule has 1 aromatic carbocycles. The number of benzene rings is 1. The third-order valence-electron chi connectivity index (χ3n) is 4.28. The standard InChI is InChI=1S/C17H28N4O2S/c1-13(2)15-7-4-8-16(11-15)21-17(18)19-9-10-24(22,23)20-12-14-5-3-6-14/h4,7-8,11,13-14,20H,3,5-6,9-10,12H2,1-2H3,(H3,18,19,21). The molecule has 0 atom stereocenters. The van der Waals surface area contributed by atoms with Crippen molar-refractivity contribution in [3.8, 4) is 0 Å². The average molecular weight is 353 g/mol. The summed E-state index contributed by atoms with van der Waals surface area (Å²) in [6, 6.07) is 7.94. The van der Waals surface area contributed by atoms with Gasteiger partial charge < -0.3 is 11.1 Å². The summed E-state index contributed by atoms with van der Waals surface area (Å²) in [5.41, 5.74) is 7.90. The van der Waals surface area contributed by atoms with E-state index in [-0.39, 0.29) is 18.3 Å². The van der Waals surface area contributed by atoms with Crippen molar-refractivity contribution in [3.05, 3.63) is 29.8 Å². The molecular formula is C17H28N4O2S. The van der Waals surface area contributed by atoms with Gasteiger partial charge in [-0.25, -0.2) is 13.1 Å². The molecular weight excluding hydrogens is 324 g/mol. The van der Waals surface area contributed by atoms with E-state index in [1.165, 1.54) is 12.0 Å². The first kappa shape index (κ1) is 18.7. The lowest BCUT2D eigenvalue weighted by atomic mass is 9.86. The normalized spacial score (nSPS) is 16.2. The van der Waals surface area contributed by atoms with Crippen LogP contribution >= 0.6 is 0 Å². The Balaban J connectivity index is 1.79. The monoisotopic (exact) mass is 352 g/mol. The molecule has 0 saturated heterocycles. The summed E-state index contributed by atoms with van der Waals surface area (Å²) < 4.78 is 26.4. The molecule has 0 radical (unpaired) electrons. The van der Waals surface area contributed by atoms with Gasteiger partial charge in [0, 0.05) is 12.2 Å². The summed E-state index contributed by atoms with van der Waals surface area (Å²) in [5, 5.41) is 3.00. The minimum atomic E-state index is -3.28. The Morgan fingerprint density at radius 3 is 2.75 bits per heavy atom. The number of hydrogen-bond acceptors (Lipinski definition) is 3. The first-order chi connectivity index (χ1) is 11.4. The number of sulfonamides is 1. The predicted molar refractivity (Wildman–Crippen MR) is 99.8 cm³/mol. The Kier molecular flexibility index (Phi) is 6.62. The summed E-state index contributed by atoms with van der Waals surface area (Å²) in [6.45, 7) is 4.93. The van der Waals surface area contributed by atoms with Crippen LogP contribution in [0, 0.1) is 5.92 Å². The smallest absolute Gasteiger partial charge is 0.213 e. The van der Waals surface area contributed by atoms with E-state index < -0.39 is 10.0 Å². The van der Waals surface area contributed by atoms with Gasteiger partial charge in [-0.2, -0.15) is 0 Å². The molecule has 2 rings (SSSR count). The van der Waals surface area contributed by atoms with Crippen molar-refractivity contribution >= 4 is 21.7 Å². The Morgan fingerprint density at radius 2 is 2.12 bits per heavy atom. The van der Waals surface area contributed by atoms with Gasteiger partial charge in [0.25, 0.3) is 0 Å². The Morgan fingerprint density at radius 1 is 1.38 bits per heavy atom. The number of aliphatic imine (C=N–C) groups is 1. The zero-order valence-corrected chi connectivity index (χ0v) is 15.3. The van der Waals surface area contributed by atoms with Crippen LogP contribution < -0.4 is 15.8 Å². The molecule has 0 unspecified atom stereocenters. The van der Waals surface area contributed by atoms with Crippen molar-refractivity contribution in [2.75, 3.05) is 24.2 Å². The quantitative estimate of drug-likeness (QED) is 0.494. The highest BCUT2D eigenvalue weighted by molar-refractivity contribution is 7.89. The number of nitrogens with one attached hydrogen (secondary N) is 2. The van der Waals surface area contributed by atoms with Gasteiger partial charge in [0.05, 0.1) is 12.3 Å². The summed E-state index contributed by atoms with van der Waals surface area (Å²) in [6.07, 6.45) is 3.44. The van der Waals surface area contributed by atoms with Crippen molar-refractivity contribution in [1.29, 1.82) is 0 Å². The lowest BCUT2D eigenvalue weighted by Gasteiger charge is -2.25. The van der Waals surface area contributed by atoms with E-state index >= 15 is 0 Å². The minimum Gasteiger partial charge on any atom is -0.370 e. The van der Waals surface area contributed by atoms with Crippen LogP contribution in [0.1, 0.15) is 44.6 Å². The molecule has 4 N–H and O–H groups in total. The third-order valence-corrected chi connectivity index (χ3v) is 5.61. The van der Waals surface area contributed by atoms with Crippen LogP contribution in [0.4, 0.5) is 5.69 Å². The van der Waals surface area contributed by atoms with Crippen LogP contribution in [-0.2, 0) is 10.0 Å². The van der Waals surface area contributed by atoms with Crippen LogP contribution in [0.3, 0.4) is 0 Å². The predicted octanol–water partition coefficient (Wildman–Crippen LogP) is 2.26. The maximum Gasteiger partial charge on any atom is 0.213 e. The van der Waals surface area contributed by atoms with Crippen LogP contribution in [0.15, 0.2) is 29.3 Å². The molecule has 1 saturated carbocycles. The zero-order chi connectivity index (χ0) is 17.6. The Labute approximate surface area is 145 Å². The largest absolute Gasteiger partial charge is 0.370 e. The fourth-order valence-electron chi connectivity index (χ4n) is 2.46. The maximum absolute atomic E-state index is 11.9. The zero-order valence-electron chi connectivity index (χ0n) is 14.5. The van der Waals surface area contributed by atoms with E-state index in [1.54, 1.807) is 0 Å². The number of guanidine groups is 1. The number of nitrogens with two attached hydrogens (primary N) is 1. The van der Waals surface area contributed by atoms with Crippen LogP contribution in [0.2, 0.25) is 0 Å². The number of nitrogens with zero attached hydrogens (tertiary/aromatic N) is 1. The second-order valence-electron chi connectivity index (χ2n) is 6.64. The van der Waals surface area contributed by atoms with Crippen LogP contribution in [-0.4, -0.2) is 33.2 Å². The number of rotatable bonds is 8. The van der Waals surface area contributed by atoms with Gasteiger partial charge in [0.15, 0.2) is 5.96 Å². The Hall–Kier alpha value is -1.60. The molecule has 1 aliphatic carbocycles. The molecule has 134 valence electrons. The summed E-state index contributed by atoms with van der Waals surface area (Å²) in [4.78, 5) is 4.10. The molecule has 1 aromatic rings. The molecule has 0 spiro atoms. The van der Waals surface area contributed by atoms with E-state index in [4.69, 9.17) is 5.73 Å². The van der Waals surface area contributed by atoms with Crippen molar-refractivity contribution < 1.29 is 8.42 Å². The van der Waals surface area contributed by atoms with Gasteiger partial charge in [-0.1, -0.05) is 32.4 Å². The molecule has 0 amide bonds. The lowest BCUT2D eigenvalue weighted by molar-refractivity contribution is 0.316. The van der Waals surface area contributed by atoms with E-state index in [0.29, 0.717) is 18.4 Å². The fraction of sp³-hybridized carbons (Fsp3) is 0.588. The second kappa shape index (κ2) is 8.48. The molecule has 0 aromatic heterocycles. The van der Waals surface area contributed by atoms with Gasteiger partial charge in [-0.3, -0.25) is 4.99 Å². The average Bonchev–Trinajstić information content (AvgIpc) is 2.45. The third kappa shape index (κ3) is 6.13. The summed E-state index contributed by atoms with van der Waals surface area (Å²) >= 11 is 0. The summed E-state index contributed by atoms with van der Waals surface area (Å²) in [5.74, 6) is 1.11. The molecule has 24 heavy (non-hydrogen) atoms. The van der Waals surface area contributed by atoms with Gasteiger partial charge in [0.2, 0.25) is 10.0 Å². The van der Waals surface area contributed by atoms with Crippen molar-refractivity contribution in [2.24, 2.45) is 16.6 Å². The molecule has 6 nitrogen and oxygen atoms in total. The van der Waals surface area contributed by atoms with Gasteiger partial charge in [-0.15, -0.1) is 0 Å². The maximum atomic E-state index is 11.9. The van der Waals surface area contributed by atoms with E-state index in [1.807, 2.05) is 18.2 Å². The highest BCUT2D eigenvalue weighted by atomic mass is 32.2. The van der Waals surface area contributed by atoms with Crippen LogP contribution in [0.25, 0.3) is 0 Å². The first-order valence-electron chi connectivity index (χ1n) is 8.50. The molecule has 7 heteroatoms. The van der Waals surface area contributed by atoms with E-state index in [9.17, 15) is 8.42 Å². The highest BCUT2D eigenvalue weighted by Gasteiger charge is 2.19. The van der Waals surface area contributed by atoms with Crippen molar-refractivity contribution in [1.82, 2.24) is 4.72 Å². The molecule has 0 bridgehead atoms. The van der Waals surface area contributed by atoms with Crippen molar-refractivity contribution in [2.45, 2.75) is 39.0 Å². The summed E-state index contributed by atoms with van der Waals surface area (Å²) in [7, 11) is -3.28. The van der Waals surface area contributed by atoms with Crippen molar-refractivity contribution in [3.63, 3.8) is 0 Å². The second-order valence-corrected chi connectivity index (χ2v) is 8.56. The van der Waals surface area contributed by atoms with Crippen LogP contribution in [0.5, 0.6) is 0 Å². The number of anilines is 1. The fourth-order valence-corrected chi connectivity index (χ4v) is 3.43. The highest BCUT2D eigenvalue weighted by Crippen LogP contribution is 2.25. The molecule has 1 fully saturated rings. The molecule has 0 aliphatic heterocycles. The number of hydrogen-bond donors (Lipinski definition) is 3. The van der Waals surface area contributed by atoms with Gasteiger partial charge in [-0.05, 0) is 42.4 Å². The SMILES string of the molecule is CC(C)c1cccc(NC(N)=NCCS(=O)(=O)NCC2CCC2)c1. The molecule has 1 aliphatic rings. The topological polar surface area (TPSA) is 96.6 Å². The minimum absolute atomic E-state index is 0.0475. The van der Waals surface area contributed by atoms with E-state index in [2.05, 4.69) is 34.9 Å². The van der Waals surface area contributed by atoms with Gasteiger partial charge >= 0.3 is 0 Å². The lowest BCUT2D eigenvalue weighted by Crippen LogP contribution is -2.34.